The minimum atomic E-state index is -5.09. The summed E-state index contributed by atoms with van der Waals surface area (Å²) in [5.41, 5.74) is 0. The highest BCUT2D eigenvalue weighted by Gasteiger charge is 2.62. The van der Waals surface area contributed by atoms with Crippen molar-refractivity contribution in [3.05, 3.63) is 24.4 Å². The Labute approximate surface area is 103 Å². The Bertz CT molecular complexity index is 520. The molecule has 2 aliphatic heterocycles. The van der Waals surface area contributed by atoms with Gasteiger partial charge in [0.05, 0.1) is 0 Å². The van der Waals surface area contributed by atoms with E-state index in [1.165, 1.54) is 6.08 Å². The lowest BCUT2D eigenvalue weighted by Crippen LogP contribution is -2.41. The molecule has 2 heterocycles. The largest absolute Gasteiger partial charge is 0.365 e. The second kappa shape index (κ2) is 4.13. The van der Waals surface area contributed by atoms with Crippen molar-refractivity contribution >= 4 is 21.0 Å². The molecule has 0 spiro atoms. The van der Waals surface area contributed by atoms with E-state index in [9.17, 15) is 28.7 Å². The summed E-state index contributed by atoms with van der Waals surface area (Å²) in [5.74, 6) is 0.135. The lowest BCUT2D eigenvalue weighted by molar-refractivity contribution is 0.290. The number of nitrogens with zero attached hydrogens (tertiary/aromatic N) is 2. The first-order valence-corrected chi connectivity index (χ1v) is 8.22. The van der Waals surface area contributed by atoms with Crippen LogP contribution in [0.1, 0.15) is 6.42 Å². The molecule has 0 aromatic rings. The summed E-state index contributed by atoms with van der Waals surface area (Å²) < 4.78 is 22.9. The van der Waals surface area contributed by atoms with E-state index in [1.807, 2.05) is 0 Å². The van der Waals surface area contributed by atoms with Crippen LogP contribution in [0.5, 0.6) is 0 Å². The first kappa shape index (κ1) is 13.7. The average Bonchev–Trinajstić information content (AvgIpc) is 2.25. The maximum atomic E-state index is 11.5. The molecule has 2 aliphatic rings. The van der Waals surface area contributed by atoms with Crippen LogP contribution in [0.4, 0.5) is 0 Å². The van der Waals surface area contributed by atoms with Gasteiger partial charge in [0.15, 0.2) is 0 Å². The molecule has 100 valence electrons. The summed E-state index contributed by atoms with van der Waals surface area (Å²) in [6, 6.07) is 0. The van der Waals surface area contributed by atoms with Crippen molar-refractivity contribution in [2.24, 2.45) is 4.99 Å². The smallest absolute Gasteiger partial charge is 0.333 e. The van der Waals surface area contributed by atoms with E-state index < -0.39 is 26.6 Å². The Morgan fingerprint density at radius 3 is 2.33 bits per heavy atom. The van der Waals surface area contributed by atoms with Crippen molar-refractivity contribution in [3.8, 4) is 0 Å². The number of aliphatic imine (C=N–C) groups is 1. The summed E-state index contributed by atoms with van der Waals surface area (Å²) >= 11 is 0. The number of hydrogen-bond donors (Lipinski definition) is 4. The highest BCUT2D eigenvalue weighted by atomic mass is 31.2. The van der Waals surface area contributed by atoms with Crippen LogP contribution in [0.25, 0.3) is 0 Å². The highest BCUT2D eigenvalue weighted by molar-refractivity contribution is 7.72. The molecule has 0 fully saturated rings. The van der Waals surface area contributed by atoms with Crippen molar-refractivity contribution in [1.29, 1.82) is 0 Å². The quantitative estimate of drug-likeness (QED) is 0.534. The summed E-state index contributed by atoms with van der Waals surface area (Å²) in [5, 5.41) is -2.67. The van der Waals surface area contributed by atoms with Crippen LogP contribution in [0.3, 0.4) is 0 Å². The lowest BCUT2D eigenvalue weighted by Gasteiger charge is -2.38. The molecule has 0 radical (unpaired) electrons. The van der Waals surface area contributed by atoms with Crippen molar-refractivity contribution < 1.29 is 28.7 Å². The fraction of sp³-hybridized carbons (Fsp3) is 0.375. The van der Waals surface area contributed by atoms with Gasteiger partial charge in [-0.1, -0.05) is 6.08 Å². The number of fused-ring (bicyclic) bond motifs is 1. The molecule has 0 atom stereocenters. The SMILES string of the molecule is O=P(O)(O)C1(P(=O)(O)O)CCN2C=CC=CC2=N1. The fourth-order valence-corrected chi connectivity index (χ4v) is 4.46. The monoisotopic (exact) mass is 294 g/mol. The van der Waals surface area contributed by atoms with E-state index in [0.717, 1.165) is 0 Å². The van der Waals surface area contributed by atoms with Crippen LogP contribution in [-0.4, -0.2) is 41.9 Å². The van der Waals surface area contributed by atoms with Crippen LogP contribution in [-0.2, 0) is 9.13 Å². The van der Waals surface area contributed by atoms with Crippen molar-refractivity contribution in [1.82, 2.24) is 4.90 Å². The lowest BCUT2D eigenvalue weighted by atomic mass is 10.2. The van der Waals surface area contributed by atoms with Gasteiger partial charge in [0, 0.05) is 19.2 Å². The molecular formula is C8H12N2O6P2. The van der Waals surface area contributed by atoms with Gasteiger partial charge in [-0.05, 0) is 12.2 Å². The molecule has 2 rings (SSSR count). The standard InChI is InChI=1S/C8H12N2O6P2/c11-17(12,13)8(18(14,15)16)4-6-10-5-2-1-3-7(10)9-8/h1-3,5H,4,6H2,(H2,11,12,13)(H2,14,15,16). The molecule has 0 saturated carbocycles. The molecule has 0 aromatic heterocycles. The van der Waals surface area contributed by atoms with Crippen molar-refractivity contribution in [2.45, 2.75) is 11.4 Å². The van der Waals surface area contributed by atoms with Gasteiger partial charge in [0.2, 0.25) is 0 Å². The third kappa shape index (κ3) is 2.01. The van der Waals surface area contributed by atoms with Gasteiger partial charge in [0.1, 0.15) is 5.84 Å². The van der Waals surface area contributed by atoms with E-state index in [2.05, 4.69) is 4.99 Å². The average molecular weight is 294 g/mol. The van der Waals surface area contributed by atoms with Gasteiger partial charge in [-0.3, -0.25) is 9.13 Å². The molecule has 18 heavy (non-hydrogen) atoms. The van der Waals surface area contributed by atoms with Gasteiger partial charge >= 0.3 is 15.2 Å². The Balaban J connectivity index is 2.59. The molecular weight excluding hydrogens is 282 g/mol. The fourth-order valence-electron chi connectivity index (χ4n) is 1.86. The first-order chi connectivity index (χ1) is 8.17. The third-order valence-corrected chi connectivity index (χ3v) is 6.91. The van der Waals surface area contributed by atoms with E-state index in [1.54, 1.807) is 23.3 Å². The molecule has 8 nitrogen and oxygen atoms in total. The van der Waals surface area contributed by atoms with E-state index >= 15 is 0 Å². The number of rotatable bonds is 2. The van der Waals surface area contributed by atoms with Gasteiger partial charge in [0.25, 0.3) is 5.02 Å². The summed E-state index contributed by atoms with van der Waals surface area (Å²) in [6.45, 7) is 0.0793. The number of amidine groups is 1. The molecule has 0 aromatic carbocycles. The zero-order valence-electron chi connectivity index (χ0n) is 9.12. The maximum Gasteiger partial charge on any atom is 0.365 e. The molecule has 0 unspecified atom stereocenters. The van der Waals surface area contributed by atoms with Crippen molar-refractivity contribution in [2.75, 3.05) is 6.54 Å². The maximum absolute atomic E-state index is 11.5. The van der Waals surface area contributed by atoms with Crippen molar-refractivity contribution in [3.63, 3.8) is 0 Å². The Kier molecular flexibility index (Phi) is 3.14. The normalized spacial score (nSPS) is 22.7. The summed E-state index contributed by atoms with van der Waals surface area (Å²) in [4.78, 5) is 42.3. The number of allylic oxidation sites excluding steroid dienone is 2. The van der Waals surface area contributed by atoms with Gasteiger partial charge in [-0.2, -0.15) is 0 Å². The molecule has 0 bridgehead atoms. The predicted octanol–water partition coefficient (Wildman–Crippen LogP) is 0.183. The first-order valence-electron chi connectivity index (χ1n) is 5.00. The Morgan fingerprint density at radius 1 is 1.17 bits per heavy atom. The molecule has 0 saturated heterocycles. The van der Waals surface area contributed by atoms with E-state index in [0.29, 0.717) is 0 Å². The third-order valence-electron chi connectivity index (χ3n) is 2.83. The van der Waals surface area contributed by atoms with Gasteiger partial charge in [-0.15, -0.1) is 0 Å². The van der Waals surface area contributed by atoms with Gasteiger partial charge in [-0.25, -0.2) is 4.99 Å². The van der Waals surface area contributed by atoms with Crippen LogP contribution in [0.2, 0.25) is 0 Å². The van der Waals surface area contributed by atoms with Crippen LogP contribution >= 0.6 is 15.2 Å². The topological polar surface area (TPSA) is 131 Å². The zero-order chi connectivity index (χ0) is 13.6. The summed E-state index contributed by atoms with van der Waals surface area (Å²) in [6.07, 6.45) is 5.93. The number of hydrogen-bond acceptors (Lipinski definition) is 4. The molecule has 4 N–H and O–H groups in total. The van der Waals surface area contributed by atoms with Crippen LogP contribution in [0.15, 0.2) is 29.4 Å². The predicted molar refractivity (Wildman–Crippen MR) is 63.9 cm³/mol. The highest BCUT2D eigenvalue weighted by Crippen LogP contribution is 2.72. The summed E-state index contributed by atoms with van der Waals surface area (Å²) in [7, 11) is -10.2. The molecule has 10 heteroatoms. The second-order valence-corrected chi connectivity index (χ2v) is 7.99. The van der Waals surface area contributed by atoms with Crippen LogP contribution < -0.4 is 0 Å². The minimum absolute atomic E-state index is 0.0793. The van der Waals surface area contributed by atoms with E-state index in [-0.39, 0.29) is 12.4 Å². The minimum Gasteiger partial charge on any atom is -0.333 e. The Hall–Kier alpha value is -0.750. The second-order valence-electron chi connectivity index (χ2n) is 3.98. The van der Waals surface area contributed by atoms with Crippen LogP contribution in [0, 0.1) is 0 Å². The van der Waals surface area contributed by atoms with Gasteiger partial charge < -0.3 is 24.5 Å². The molecule has 0 amide bonds. The van der Waals surface area contributed by atoms with E-state index in [4.69, 9.17) is 0 Å². The Morgan fingerprint density at radius 2 is 1.78 bits per heavy atom. The molecule has 0 aliphatic carbocycles. The zero-order valence-corrected chi connectivity index (χ0v) is 10.9.